The number of nitrogens with one attached hydrogen (secondary N) is 4. The summed E-state index contributed by atoms with van der Waals surface area (Å²) in [6.45, 7) is 5.95. The number of aliphatic hydroxyl groups is 1. The lowest BCUT2D eigenvalue weighted by molar-refractivity contribution is -0.137. The molecule has 3 amide bonds. The van der Waals surface area contributed by atoms with Crippen LogP contribution in [0.3, 0.4) is 0 Å². The number of aliphatic hydroxyl groups excluding tert-OH is 1. The SMILES string of the molecule is CCCC(C(=O)NC=O)c1ccc(N2CCC(CN3CCCC3C(O)NCCCCC/C=C/c3cnc(N)c4c(-c5ccc(C(=O)Nc6cc(C(F)(F)F)ccn6)cc5)[nH]nc34)CC2)c(F)c1. The van der Waals surface area contributed by atoms with Crippen molar-refractivity contribution in [3.8, 4) is 11.3 Å². The molecule has 0 bridgehead atoms. The van der Waals surface area contributed by atoms with Crippen molar-refractivity contribution in [3.05, 3.63) is 101 Å². The highest BCUT2D eigenvalue weighted by atomic mass is 19.4. The number of nitrogens with zero attached hydrogens (tertiary/aromatic N) is 5. The van der Waals surface area contributed by atoms with Gasteiger partial charge in [0.25, 0.3) is 5.91 Å². The van der Waals surface area contributed by atoms with Gasteiger partial charge in [0.1, 0.15) is 29.2 Å². The summed E-state index contributed by atoms with van der Waals surface area (Å²) in [7, 11) is 0. The number of H-pyrrole nitrogens is 1. The first-order valence-electron chi connectivity index (χ1n) is 23.0. The summed E-state index contributed by atoms with van der Waals surface area (Å²) in [5.41, 5.74) is 9.43. The Morgan fingerprint density at radius 2 is 1.81 bits per heavy atom. The number of alkyl halides is 3. The van der Waals surface area contributed by atoms with Gasteiger partial charge in [-0.15, -0.1) is 0 Å². The van der Waals surface area contributed by atoms with E-state index in [0.717, 1.165) is 108 Å². The Kier molecular flexibility index (Phi) is 16.4. The van der Waals surface area contributed by atoms with Gasteiger partial charge in [-0.2, -0.15) is 18.3 Å². The molecule has 5 aromatic rings. The van der Waals surface area contributed by atoms with Gasteiger partial charge >= 0.3 is 6.18 Å². The normalized spacial score (nSPS) is 17.0. The number of halogens is 4. The zero-order valence-electron chi connectivity index (χ0n) is 37.5. The number of fused-ring (bicyclic) bond motifs is 1. The molecule has 67 heavy (non-hydrogen) atoms. The van der Waals surface area contributed by atoms with Gasteiger partial charge in [-0.1, -0.05) is 50.1 Å². The predicted molar refractivity (Wildman–Crippen MR) is 250 cm³/mol. The monoisotopic (exact) mass is 926 g/mol. The fourth-order valence-electron chi connectivity index (χ4n) is 9.23. The van der Waals surface area contributed by atoms with Crippen LogP contribution in [0.4, 0.5) is 34.9 Å². The second-order valence-corrected chi connectivity index (χ2v) is 17.3. The number of hydrogen-bond donors (Lipinski definition) is 6. The predicted octanol–water partition coefficient (Wildman–Crippen LogP) is 8.03. The number of amides is 3. The fraction of sp³-hybridized carbons (Fsp3) is 0.429. The molecule has 2 fully saturated rings. The van der Waals surface area contributed by atoms with Crippen molar-refractivity contribution in [3.63, 3.8) is 0 Å². The van der Waals surface area contributed by atoms with E-state index in [1.807, 2.05) is 13.0 Å². The molecule has 7 N–H and O–H groups in total. The average molecular weight is 927 g/mol. The van der Waals surface area contributed by atoms with E-state index in [0.29, 0.717) is 58.7 Å². The van der Waals surface area contributed by atoms with E-state index in [1.165, 1.54) is 6.07 Å². The smallest absolute Gasteiger partial charge is 0.383 e. The molecule has 14 nitrogen and oxygen atoms in total. The van der Waals surface area contributed by atoms with Crippen LogP contribution in [0.5, 0.6) is 0 Å². The molecule has 0 radical (unpaired) electrons. The van der Waals surface area contributed by atoms with Crippen LogP contribution in [0.2, 0.25) is 0 Å². The minimum atomic E-state index is -4.56. The van der Waals surface area contributed by atoms with Crippen LogP contribution in [0.1, 0.15) is 104 Å². The average Bonchev–Trinajstić information content (AvgIpc) is 3.99. The second kappa shape index (κ2) is 22.5. The van der Waals surface area contributed by atoms with Gasteiger partial charge in [0.05, 0.1) is 28.2 Å². The summed E-state index contributed by atoms with van der Waals surface area (Å²) in [6, 6.07) is 13.1. The number of imide groups is 1. The molecule has 3 aromatic heterocycles. The summed E-state index contributed by atoms with van der Waals surface area (Å²) < 4.78 is 54.7. The summed E-state index contributed by atoms with van der Waals surface area (Å²) >= 11 is 0. The van der Waals surface area contributed by atoms with Crippen molar-refractivity contribution < 1.29 is 37.1 Å². The quantitative estimate of drug-likeness (QED) is 0.0192. The maximum Gasteiger partial charge on any atom is 0.416 e. The topological polar surface area (TPSA) is 194 Å². The number of carbonyl (C=O) groups excluding carboxylic acids is 3. The first-order chi connectivity index (χ1) is 32.3. The maximum atomic E-state index is 15.4. The van der Waals surface area contributed by atoms with Crippen LogP contribution in [-0.2, 0) is 15.8 Å². The van der Waals surface area contributed by atoms with Crippen LogP contribution in [0, 0.1) is 11.7 Å². The van der Waals surface area contributed by atoms with Crippen molar-refractivity contribution in [2.24, 2.45) is 5.92 Å². The Morgan fingerprint density at radius 3 is 2.54 bits per heavy atom. The highest BCUT2D eigenvalue weighted by Crippen LogP contribution is 2.34. The third-order valence-corrected chi connectivity index (χ3v) is 12.8. The number of anilines is 3. The number of hydrogen-bond acceptors (Lipinski definition) is 11. The number of benzene rings is 2. The molecule has 2 aromatic carbocycles. The number of allylic oxidation sites excluding steroid dienone is 1. The van der Waals surface area contributed by atoms with E-state index < -0.39 is 35.7 Å². The first-order valence-corrected chi connectivity index (χ1v) is 23.0. The standard InChI is InChI=1S/C49H58F4N10O4/c1-2-9-37(47(66)58-30-64)34-16-17-39(38(50)26-34)62-24-19-31(20-25-62)29-63-23-8-11-40(63)48(67)56-21-7-5-3-4-6-10-35-28-57-45(54)42-43(60-61-44(35)42)32-12-14-33(15-13-32)46(65)59-41-27-36(18-22-55-41)49(51,52)53/h6,10,12-18,22,26-28,30-31,37,40,48,56,67H,2-5,7-9,11,19-21,23-25,29H2,1H3,(H2,54,57)(H,60,61)(H,55,59,65)(H,58,64,66)/b10-6+. The summed E-state index contributed by atoms with van der Waals surface area (Å²) in [5, 5.41) is 27.3. The number of piperidine rings is 1. The largest absolute Gasteiger partial charge is 0.416 e. The minimum absolute atomic E-state index is 0.0520. The Morgan fingerprint density at radius 1 is 1.01 bits per heavy atom. The molecule has 0 saturated carbocycles. The summed E-state index contributed by atoms with van der Waals surface area (Å²) in [6.07, 6.45) is 10.6. The third kappa shape index (κ3) is 12.2. The molecule has 3 atom stereocenters. The number of carbonyl (C=O) groups is 3. The molecular formula is C49H58F4N10O4. The molecule has 18 heteroatoms. The van der Waals surface area contributed by atoms with Crippen LogP contribution in [-0.4, -0.2) is 93.4 Å². The molecule has 2 saturated heterocycles. The Balaban J connectivity index is 0.824. The van der Waals surface area contributed by atoms with Crippen LogP contribution in [0.15, 0.2) is 73.1 Å². The van der Waals surface area contributed by atoms with Crippen molar-refractivity contribution in [1.29, 1.82) is 0 Å². The van der Waals surface area contributed by atoms with Crippen LogP contribution in [0.25, 0.3) is 28.2 Å². The Labute approximate surface area is 386 Å². The Bertz CT molecular complexity index is 2510. The van der Waals surface area contributed by atoms with Gasteiger partial charge < -0.3 is 21.1 Å². The van der Waals surface area contributed by atoms with Gasteiger partial charge in [0.15, 0.2) is 0 Å². The summed E-state index contributed by atoms with van der Waals surface area (Å²) in [4.78, 5) is 48.7. The molecule has 2 aliphatic rings. The number of unbranched alkanes of at least 4 members (excludes halogenated alkanes) is 3. The van der Waals surface area contributed by atoms with Gasteiger partial charge in [-0.3, -0.25) is 35.0 Å². The van der Waals surface area contributed by atoms with Gasteiger partial charge in [-0.05, 0) is 112 Å². The number of aromatic amines is 1. The molecule has 2 aliphatic heterocycles. The highest BCUT2D eigenvalue weighted by molar-refractivity contribution is 6.05. The van der Waals surface area contributed by atoms with Crippen molar-refractivity contribution in [2.75, 3.05) is 48.7 Å². The van der Waals surface area contributed by atoms with Gasteiger partial charge in [0.2, 0.25) is 12.3 Å². The first kappa shape index (κ1) is 48.7. The van der Waals surface area contributed by atoms with Gasteiger partial charge in [-0.25, -0.2) is 14.4 Å². The highest BCUT2D eigenvalue weighted by Gasteiger charge is 2.34. The molecular weight excluding hydrogens is 869 g/mol. The lowest BCUT2D eigenvalue weighted by Gasteiger charge is -2.37. The molecule has 0 aliphatic carbocycles. The molecule has 356 valence electrons. The van der Waals surface area contributed by atoms with E-state index in [2.05, 4.69) is 52.0 Å². The van der Waals surface area contributed by atoms with E-state index in [-0.39, 0.29) is 29.1 Å². The van der Waals surface area contributed by atoms with Crippen molar-refractivity contribution in [2.45, 2.75) is 95.5 Å². The van der Waals surface area contributed by atoms with Crippen LogP contribution >= 0.6 is 0 Å². The molecule has 0 spiro atoms. The lowest BCUT2D eigenvalue weighted by atomic mass is 9.92. The van der Waals surface area contributed by atoms with E-state index in [4.69, 9.17) is 5.73 Å². The number of nitrogen functional groups attached to an aromatic ring is 1. The number of likely N-dealkylation sites (tertiary alicyclic amines) is 1. The maximum absolute atomic E-state index is 15.4. The number of rotatable bonds is 20. The lowest BCUT2D eigenvalue weighted by Crippen LogP contribution is -2.49. The van der Waals surface area contributed by atoms with Crippen molar-refractivity contribution in [1.82, 2.24) is 35.7 Å². The molecule has 3 unspecified atom stereocenters. The fourth-order valence-corrected chi connectivity index (χ4v) is 9.23. The van der Waals surface area contributed by atoms with Crippen LogP contribution < -0.4 is 26.6 Å². The van der Waals surface area contributed by atoms with Gasteiger partial charge in [0, 0.05) is 54.8 Å². The van der Waals surface area contributed by atoms with E-state index >= 15 is 4.39 Å². The minimum Gasteiger partial charge on any atom is -0.383 e. The molecule has 7 rings (SSSR count). The van der Waals surface area contributed by atoms with E-state index in [9.17, 15) is 32.7 Å². The summed E-state index contributed by atoms with van der Waals surface area (Å²) in [5.74, 6) is -1.45. The second-order valence-electron chi connectivity index (χ2n) is 17.3. The Hall–Kier alpha value is -6.24. The van der Waals surface area contributed by atoms with E-state index in [1.54, 1.807) is 42.6 Å². The zero-order valence-corrected chi connectivity index (χ0v) is 37.5. The zero-order chi connectivity index (χ0) is 47.5. The number of aromatic nitrogens is 4. The third-order valence-electron chi connectivity index (χ3n) is 12.8. The number of pyridine rings is 2. The van der Waals surface area contributed by atoms with Crippen molar-refractivity contribution >= 4 is 52.5 Å². The molecule has 5 heterocycles. The number of nitrogens with two attached hydrogens (primary N) is 1.